The fourth-order valence-corrected chi connectivity index (χ4v) is 2.06. The molecule has 0 aromatic heterocycles. The van der Waals surface area contributed by atoms with Gasteiger partial charge in [-0.3, -0.25) is 0 Å². The first-order valence-electron chi connectivity index (χ1n) is 6.68. The van der Waals surface area contributed by atoms with E-state index in [1.807, 2.05) is 20.8 Å². The highest BCUT2D eigenvalue weighted by molar-refractivity contribution is 5.82. The van der Waals surface area contributed by atoms with E-state index < -0.39 is 12.0 Å². The van der Waals surface area contributed by atoms with Crippen LogP contribution in [-0.4, -0.2) is 28.7 Å². The van der Waals surface area contributed by atoms with Crippen LogP contribution in [0.2, 0.25) is 0 Å². The molecule has 1 aliphatic carbocycles. The first-order chi connectivity index (χ1) is 8.36. The van der Waals surface area contributed by atoms with Crippen LogP contribution in [-0.2, 0) is 4.79 Å². The molecule has 0 unspecified atom stereocenters. The second kappa shape index (κ2) is 6.07. The normalized spacial score (nSPS) is 17.1. The molecule has 0 aliphatic heterocycles. The van der Waals surface area contributed by atoms with E-state index in [0.29, 0.717) is 12.3 Å². The smallest absolute Gasteiger partial charge is 0.326 e. The number of carbonyl (C=O) groups excluding carboxylic acids is 1. The fraction of sp³-hybridized carbons (Fsp3) is 0.846. The number of aliphatic carboxylic acids is 1. The Morgan fingerprint density at radius 2 is 2.00 bits per heavy atom. The Morgan fingerprint density at radius 3 is 2.44 bits per heavy atom. The summed E-state index contributed by atoms with van der Waals surface area (Å²) in [6, 6.07) is -1.17. The van der Waals surface area contributed by atoms with Gasteiger partial charge in [0.1, 0.15) is 6.04 Å². The van der Waals surface area contributed by atoms with Crippen molar-refractivity contribution in [2.45, 2.75) is 64.5 Å². The summed E-state index contributed by atoms with van der Waals surface area (Å²) in [4.78, 5) is 22.8. The van der Waals surface area contributed by atoms with Crippen LogP contribution in [0.25, 0.3) is 0 Å². The lowest BCUT2D eigenvalue weighted by atomic mass is 9.99. The molecule has 104 valence electrons. The fourth-order valence-electron chi connectivity index (χ4n) is 2.06. The summed E-state index contributed by atoms with van der Waals surface area (Å²) in [5, 5.41) is 14.4. The van der Waals surface area contributed by atoms with E-state index in [4.69, 9.17) is 5.11 Å². The topological polar surface area (TPSA) is 78.4 Å². The molecule has 0 aromatic rings. The molecule has 1 rings (SSSR count). The van der Waals surface area contributed by atoms with Crippen molar-refractivity contribution < 1.29 is 14.7 Å². The Balaban J connectivity index is 2.42. The summed E-state index contributed by atoms with van der Waals surface area (Å²) in [5.74, 6) is -0.454. The molecule has 1 fully saturated rings. The summed E-state index contributed by atoms with van der Waals surface area (Å²) in [6.07, 6.45) is 4.45. The quantitative estimate of drug-likeness (QED) is 0.653. The number of urea groups is 1. The van der Waals surface area contributed by atoms with Crippen molar-refractivity contribution in [3.8, 4) is 0 Å². The van der Waals surface area contributed by atoms with Gasteiger partial charge < -0.3 is 15.7 Å². The van der Waals surface area contributed by atoms with Gasteiger partial charge in [0.05, 0.1) is 0 Å². The predicted molar refractivity (Wildman–Crippen MR) is 69.4 cm³/mol. The number of unbranched alkanes of at least 4 members (excludes halogenated alkanes) is 1. The average Bonchev–Trinajstić information content (AvgIpc) is 3.06. The van der Waals surface area contributed by atoms with Crippen molar-refractivity contribution in [2.24, 2.45) is 5.92 Å². The largest absolute Gasteiger partial charge is 0.480 e. The van der Waals surface area contributed by atoms with Gasteiger partial charge >= 0.3 is 12.0 Å². The van der Waals surface area contributed by atoms with Crippen LogP contribution in [0.15, 0.2) is 0 Å². The van der Waals surface area contributed by atoms with Gasteiger partial charge in [-0.05, 0) is 39.0 Å². The number of nitrogens with one attached hydrogen (secondary N) is 2. The van der Waals surface area contributed by atoms with Gasteiger partial charge in [0.25, 0.3) is 0 Å². The van der Waals surface area contributed by atoms with Crippen molar-refractivity contribution >= 4 is 12.0 Å². The van der Waals surface area contributed by atoms with Crippen molar-refractivity contribution in [3.05, 3.63) is 0 Å². The number of rotatable bonds is 7. The SMILES string of the molecule is CCCC[C@H](NC(=O)NC(C)(C)C1CC1)C(=O)O. The third kappa shape index (κ3) is 4.55. The molecule has 1 aliphatic rings. The highest BCUT2D eigenvalue weighted by Crippen LogP contribution is 2.39. The lowest BCUT2D eigenvalue weighted by molar-refractivity contribution is -0.139. The molecule has 18 heavy (non-hydrogen) atoms. The number of carbonyl (C=O) groups is 2. The van der Waals surface area contributed by atoms with Crippen LogP contribution < -0.4 is 10.6 Å². The van der Waals surface area contributed by atoms with Crippen LogP contribution in [0, 0.1) is 5.92 Å². The zero-order valence-electron chi connectivity index (χ0n) is 11.5. The molecule has 1 saturated carbocycles. The molecule has 0 heterocycles. The van der Waals surface area contributed by atoms with E-state index in [0.717, 1.165) is 25.7 Å². The molecule has 0 saturated heterocycles. The van der Waals surface area contributed by atoms with Crippen molar-refractivity contribution in [1.82, 2.24) is 10.6 Å². The Hall–Kier alpha value is -1.26. The molecule has 1 atom stereocenters. The highest BCUT2D eigenvalue weighted by Gasteiger charge is 2.39. The number of hydrogen-bond acceptors (Lipinski definition) is 2. The third-order valence-electron chi connectivity index (χ3n) is 3.48. The van der Waals surface area contributed by atoms with Gasteiger partial charge in [0.15, 0.2) is 0 Å². The molecule has 3 N–H and O–H groups in total. The first kappa shape index (κ1) is 14.8. The lowest BCUT2D eigenvalue weighted by Gasteiger charge is -2.27. The van der Waals surface area contributed by atoms with Crippen LogP contribution in [0.1, 0.15) is 52.9 Å². The molecule has 5 nitrogen and oxygen atoms in total. The summed E-state index contributed by atoms with van der Waals surface area (Å²) in [7, 11) is 0. The molecular formula is C13H24N2O3. The number of hydrogen-bond donors (Lipinski definition) is 3. The van der Waals surface area contributed by atoms with Crippen molar-refractivity contribution in [1.29, 1.82) is 0 Å². The highest BCUT2D eigenvalue weighted by atomic mass is 16.4. The maximum Gasteiger partial charge on any atom is 0.326 e. The summed E-state index contributed by atoms with van der Waals surface area (Å²) >= 11 is 0. The average molecular weight is 256 g/mol. The van der Waals surface area contributed by atoms with E-state index in [2.05, 4.69) is 10.6 Å². The van der Waals surface area contributed by atoms with Gasteiger partial charge in [-0.25, -0.2) is 9.59 Å². The Kier molecular flexibility index (Phi) is 4.99. The Morgan fingerprint density at radius 1 is 1.39 bits per heavy atom. The van der Waals surface area contributed by atoms with Crippen molar-refractivity contribution in [3.63, 3.8) is 0 Å². The van der Waals surface area contributed by atoms with Crippen molar-refractivity contribution in [2.75, 3.05) is 0 Å². The zero-order valence-corrected chi connectivity index (χ0v) is 11.5. The Labute approximate surface area is 108 Å². The first-order valence-corrected chi connectivity index (χ1v) is 6.68. The van der Waals surface area contributed by atoms with Gasteiger partial charge in [0, 0.05) is 5.54 Å². The lowest BCUT2D eigenvalue weighted by Crippen LogP contribution is -2.53. The molecule has 2 amide bonds. The summed E-state index contributed by atoms with van der Waals surface area (Å²) < 4.78 is 0. The standard InChI is InChI=1S/C13H24N2O3/c1-4-5-6-10(11(16)17)14-12(18)15-13(2,3)9-7-8-9/h9-10H,4-8H2,1-3H3,(H,16,17)(H2,14,15,18)/t10-/m0/s1. The molecule has 0 bridgehead atoms. The maximum atomic E-state index is 11.8. The minimum atomic E-state index is -0.970. The number of amides is 2. The minimum Gasteiger partial charge on any atom is -0.480 e. The molecule has 0 aromatic carbocycles. The van der Waals surface area contributed by atoms with E-state index in [1.54, 1.807) is 0 Å². The predicted octanol–water partition coefficient (Wildman–Crippen LogP) is 2.12. The van der Waals surface area contributed by atoms with Crippen LogP contribution >= 0.6 is 0 Å². The molecule has 0 radical (unpaired) electrons. The zero-order chi connectivity index (χ0) is 13.8. The van der Waals surface area contributed by atoms with Crippen LogP contribution in [0.4, 0.5) is 4.79 Å². The van der Waals surface area contributed by atoms with E-state index in [9.17, 15) is 9.59 Å². The molecule has 5 heteroatoms. The minimum absolute atomic E-state index is 0.252. The molecular weight excluding hydrogens is 232 g/mol. The third-order valence-corrected chi connectivity index (χ3v) is 3.48. The maximum absolute atomic E-state index is 11.8. The van der Waals surface area contributed by atoms with Gasteiger partial charge in [-0.2, -0.15) is 0 Å². The van der Waals surface area contributed by atoms with E-state index >= 15 is 0 Å². The van der Waals surface area contributed by atoms with E-state index in [1.165, 1.54) is 0 Å². The number of carboxylic acid groups (broad SMARTS) is 1. The summed E-state index contributed by atoms with van der Waals surface area (Å²) in [6.45, 7) is 5.95. The van der Waals surface area contributed by atoms with Gasteiger partial charge in [-0.15, -0.1) is 0 Å². The second-order valence-electron chi connectivity index (χ2n) is 5.63. The molecule has 0 spiro atoms. The summed E-state index contributed by atoms with van der Waals surface area (Å²) in [5.41, 5.74) is -0.252. The Bertz CT molecular complexity index is 311. The second-order valence-corrected chi connectivity index (χ2v) is 5.63. The number of carboxylic acids is 1. The van der Waals surface area contributed by atoms with Crippen LogP contribution in [0.5, 0.6) is 0 Å². The monoisotopic (exact) mass is 256 g/mol. The van der Waals surface area contributed by atoms with Crippen LogP contribution in [0.3, 0.4) is 0 Å². The van der Waals surface area contributed by atoms with Gasteiger partial charge in [0.2, 0.25) is 0 Å². The van der Waals surface area contributed by atoms with Gasteiger partial charge in [-0.1, -0.05) is 19.8 Å². The van der Waals surface area contributed by atoms with E-state index in [-0.39, 0.29) is 11.6 Å².